The third-order valence-corrected chi connectivity index (χ3v) is 4.90. The highest BCUT2D eigenvalue weighted by Crippen LogP contribution is 2.25. The fraction of sp³-hybridized carbons (Fsp3) is 0.500. The summed E-state index contributed by atoms with van der Waals surface area (Å²) in [6.07, 6.45) is -0.0599. The molecule has 1 fully saturated rings. The van der Waals surface area contributed by atoms with Crippen molar-refractivity contribution in [1.29, 1.82) is 0 Å². The van der Waals surface area contributed by atoms with E-state index >= 15 is 0 Å². The Morgan fingerprint density at radius 2 is 2.11 bits per heavy atom. The number of rotatable bonds is 3. The van der Waals surface area contributed by atoms with E-state index in [0.717, 1.165) is 0 Å². The number of para-hydroxylation sites is 1. The van der Waals surface area contributed by atoms with Gasteiger partial charge in [-0.1, -0.05) is 12.1 Å². The minimum atomic E-state index is -3.45. The number of nitrogens with zero attached hydrogens (tertiary/aromatic N) is 1. The van der Waals surface area contributed by atoms with Crippen LogP contribution in [0.1, 0.15) is 6.92 Å². The van der Waals surface area contributed by atoms with Crippen molar-refractivity contribution in [2.45, 2.75) is 17.9 Å². The van der Waals surface area contributed by atoms with Gasteiger partial charge in [-0.3, -0.25) is 0 Å². The zero-order valence-electron chi connectivity index (χ0n) is 10.6. The van der Waals surface area contributed by atoms with Gasteiger partial charge in [-0.15, -0.1) is 0 Å². The van der Waals surface area contributed by atoms with Crippen LogP contribution in [0.25, 0.3) is 0 Å². The van der Waals surface area contributed by atoms with E-state index in [0.29, 0.717) is 30.3 Å². The van der Waals surface area contributed by atoms with Crippen molar-refractivity contribution in [1.82, 2.24) is 4.31 Å². The molecule has 1 aliphatic rings. The highest BCUT2D eigenvalue weighted by atomic mass is 32.2. The summed E-state index contributed by atoms with van der Waals surface area (Å²) in [4.78, 5) is 0.321. The molecule has 0 bridgehead atoms. The van der Waals surface area contributed by atoms with Crippen molar-refractivity contribution in [3.8, 4) is 0 Å². The van der Waals surface area contributed by atoms with Gasteiger partial charge in [0.25, 0.3) is 0 Å². The van der Waals surface area contributed by atoms with Crippen molar-refractivity contribution < 1.29 is 13.2 Å². The van der Waals surface area contributed by atoms with Crippen molar-refractivity contribution in [3.05, 3.63) is 24.3 Å². The Hall–Kier alpha value is -1.11. The van der Waals surface area contributed by atoms with E-state index in [1.165, 1.54) is 4.31 Å². The van der Waals surface area contributed by atoms with E-state index in [4.69, 9.17) is 4.74 Å². The largest absolute Gasteiger partial charge is 0.387 e. The van der Waals surface area contributed by atoms with Crippen LogP contribution in [0, 0.1) is 0 Å². The van der Waals surface area contributed by atoms with Gasteiger partial charge >= 0.3 is 0 Å². The molecule has 0 spiro atoms. The third-order valence-electron chi connectivity index (χ3n) is 2.98. The van der Waals surface area contributed by atoms with Gasteiger partial charge < -0.3 is 10.1 Å². The minimum Gasteiger partial charge on any atom is -0.387 e. The molecule has 1 saturated heterocycles. The molecule has 1 heterocycles. The molecule has 1 aromatic carbocycles. The van der Waals surface area contributed by atoms with E-state index in [1.54, 1.807) is 25.2 Å². The number of sulfonamides is 1. The monoisotopic (exact) mass is 270 g/mol. The van der Waals surface area contributed by atoms with E-state index in [9.17, 15) is 8.42 Å². The lowest BCUT2D eigenvalue weighted by molar-refractivity contribution is 0.0102. The van der Waals surface area contributed by atoms with Crippen LogP contribution in [0.2, 0.25) is 0 Å². The van der Waals surface area contributed by atoms with E-state index in [2.05, 4.69) is 5.32 Å². The number of hydrogen-bond acceptors (Lipinski definition) is 4. The summed E-state index contributed by atoms with van der Waals surface area (Å²) in [6.45, 7) is 3.14. The summed E-state index contributed by atoms with van der Waals surface area (Å²) in [5.74, 6) is 0. The maximum atomic E-state index is 12.5. The third kappa shape index (κ3) is 2.50. The summed E-state index contributed by atoms with van der Waals surface area (Å²) < 4.78 is 31.9. The van der Waals surface area contributed by atoms with Gasteiger partial charge in [-0.2, -0.15) is 4.31 Å². The first-order chi connectivity index (χ1) is 8.55. The second kappa shape index (κ2) is 5.26. The van der Waals surface area contributed by atoms with Crippen LogP contribution < -0.4 is 5.32 Å². The SMILES string of the molecule is CNc1ccccc1S(=O)(=O)N1CCOC(C)C1. The molecule has 2 rings (SSSR count). The molecule has 5 nitrogen and oxygen atoms in total. The van der Waals surface area contributed by atoms with Gasteiger partial charge in [-0.25, -0.2) is 8.42 Å². The molecule has 0 aromatic heterocycles. The Bertz CT molecular complexity index is 516. The lowest BCUT2D eigenvalue weighted by atomic mass is 10.3. The summed E-state index contributed by atoms with van der Waals surface area (Å²) in [7, 11) is -1.73. The van der Waals surface area contributed by atoms with Gasteiger partial charge in [0.2, 0.25) is 10.0 Å². The number of hydrogen-bond donors (Lipinski definition) is 1. The summed E-state index contributed by atoms with van der Waals surface area (Å²) in [5.41, 5.74) is 0.622. The summed E-state index contributed by atoms with van der Waals surface area (Å²) in [5, 5.41) is 2.91. The number of nitrogens with one attached hydrogen (secondary N) is 1. The molecule has 0 saturated carbocycles. The predicted octanol–water partition coefficient (Wildman–Crippen LogP) is 1.14. The van der Waals surface area contributed by atoms with Gasteiger partial charge in [0, 0.05) is 20.1 Å². The normalized spacial score (nSPS) is 21.8. The van der Waals surface area contributed by atoms with Gasteiger partial charge in [-0.05, 0) is 19.1 Å². The number of benzene rings is 1. The second-order valence-electron chi connectivity index (χ2n) is 4.29. The first-order valence-corrected chi connectivity index (χ1v) is 7.38. The van der Waals surface area contributed by atoms with Crippen LogP contribution >= 0.6 is 0 Å². The molecule has 0 amide bonds. The van der Waals surface area contributed by atoms with Crippen molar-refractivity contribution in [2.75, 3.05) is 32.1 Å². The number of morpholine rings is 1. The van der Waals surface area contributed by atoms with Crippen molar-refractivity contribution in [2.24, 2.45) is 0 Å². The van der Waals surface area contributed by atoms with Crippen LogP contribution in [0.3, 0.4) is 0 Å². The number of ether oxygens (including phenoxy) is 1. The molecular formula is C12H18N2O3S. The first kappa shape index (κ1) is 13.3. The molecule has 1 aromatic rings. The fourth-order valence-electron chi connectivity index (χ4n) is 2.04. The molecule has 1 atom stereocenters. The van der Waals surface area contributed by atoms with Crippen LogP contribution in [-0.4, -0.2) is 45.6 Å². The van der Waals surface area contributed by atoms with Crippen LogP contribution in [0.15, 0.2) is 29.2 Å². The number of anilines is 1. The lowest BCUT2D eigenvalue weighted by Crippen LogP contribution is -2.44. The van der Waals surface area contributed by atoms with Crippen molar-refractivity contribution >= 4 is 15.7 Å². The van der Waals surface area contributed by atoms with E-state index < -0.39 is 10.0 Å². The molecule has 0 radical (unpaired) electrons. The van der Waals surface area contributed by atoms with Crippen LogP contribution in [0.5, 0.6) is 0 Å². The molecule has 6 heteroatoms. The molecule has 0 aliphatic carbocycles. The zero-order valence-corrected chi connectivity index (χ0v) is 11.4. The Morgan fingerprint density at radius 1 is 1.39 bits per heavy atom. The second-order valence-corrected chi connectivity index (χ2v) is 6.20. The highest BCUT2D eigenvalue weighted by molar-refractivity contribution is 7.89. The van der Waals surface area contributed by atoms with Crippen molar-refractivity contribution in [3.63, 3.8) is 0 Å². The quantitative estimate of drug-likeness (QED) is 0.894. The predicted molar refractivity (Wildman–Crippen MR) is 70.2 cm³/mol. The van der Waals surface area contributed by atoms with Gasteiger partial charge in [0.05, 0.1) is 18.4 Å². The highest BCUT2D eigenvalue weighted by Gasteiger charge is 2.30. The smallest absolute Gasteiger partial charge is 0.245 e. The van der Waals surface area contributed by atoms with Gasteiger partial charge in [0.1, 0.15) is 4.90 Å². The maximum Gasteiger partial charge on any atom is 0.245 e. The summed E-state index contributed by atoms with van der Waals surface area (Å²) in [6, 6.07) is 6.93. The standard InChI is InChI=1S/C12H18N2O3S/c1-10-9-14(7-8-17-10)18(15,16)12-6-4-3-5-11(12)13-2/h3-6,10,13H,7-9H2,1-2H3. The molecule has 100 valence electrons. The van der Waals surface area contributed by atoms with E-state index in [1.807, 2.05) is 13.0 Å². The Morgan fingerprint density at radius 3 is 2.78 bits per heavy atom. The topological polar surface area (TPSA) is 58.6 Å². The van der Waals surface area contributed by atoms with E-state index in [-0.39, 0.29) is 6.10 Å². The molecular weight excluding hydrogens is 252 g/mol. The minimum absolute atomic E-state index is 0.0599. The molecule has 18 heavy (non-hydrogen) atoms. The fourth-order valence-corrected chi connectivity index (χ4v) is 3.74. The molecule has 1 N–H and O–H groups in total. The molecule has 1 unspecified atom stereocenters. The maximum absolute atomic E-state index is 12.5. The lowest BCUT2D eigenvalue weighted by Gasteiger charge is -2.30. The Labute approximate surface area is 108 Å². The average Bonchev–Trinajstić information content (AvgIpc) is 2.38. The Kier molecular flexibility index (Phi) is 3.89. The molecule has 1 aliphatic heterocycles. The summed E-state index contributed by atoms with van der Waals surface area (Å²) >= 11 is 0. The Balaban J connectivity index is 2.35. The van der Waals surface area contributed by atoms with Crippen LogP contribution in [0.4, 0.5) is 5.69 Å². The van der Waals surface area contributed by atoms with Gasteiger partial charge in [0.15, 0.2) is 0 Å². The first-order valence-electron chi connectivity index (χ1n) is 5.94. The average molecular weight is 270 g/mol. The van der Waals surface area contributed by atoms with Crippen LogP contribution in [-0.2, 0) is 14.8 Å². The zero-order chi connectivity index (χ0) is 13.2.